The van der Waals surface area contributed by atoms with Crippen molar-refractivity contribution in [1.29, 1.82) is 0 Å². The van der Waals surface area contributed by atoms with Crippen LogP contribution < -0.4 is 0 Å². The zero-order chi connectivity index (χ0) is 34.0. The largest absolute Gasteiger partial charge is 0.507 e. The van der Waals surface area contributed by atoms with Crippen molar-refractivity contribution in [3.63, 3.8) is 0 Å². The molecular weight excluding hydrogens is 568 g/mol. The number of benzene rings is 4. The standard InChI is InChI=1S/C42H45O4/c1-39(2,3)29-17-23-18-30(40(4,5)6)36(44)26-14-21(13-25(33(23)26)35(29)43)22-15-27-34-24(19-31(37(27)45)41(7,8)9)20-32(42(10,11)12)38(46)28(34)16-22/h13-20,43H,1-12H3. The van der Waals surface area contributed by atoms with Gasteiger partial charge < -0.3 is 5.11 Å². The van der Waals surface area contributed by atoms with E-state index in [0.29, 0.717) is 55.1 Å². The molecule has 0 saturated carbocycles. The monoisotopic (exact) mass is 613 g/mol. The van der Waals surface area contributed by atoms with E-state index in [1.54, 1.807) is 0 Å². The molecule has 0 aliphatic heterocycles. The molecule has 0 bridgehead atoms. The molecule has 0 saturated heterocycles. The number of hydrogen-bond acceptors (Lipinski definition) is 3. The van der Waals surface area contributed by atoms with E-state index in [-0.39, 0.29) is 28.5 Å². The van der Waals surface area contributed by atoms with Crippen LogP contribution in [-0.4, -0.2) is 16.7 Å². The summed E-state index contributed by atoms with van der Waals surface area (Å²) in [5, 5.41) is 28.4. The summed E-state index contributed by atoms with van der Waals surface area (Å²) in [4.78, 5) is 28.3. The van der Waals surface area contributed by atoms with Gasteiger partial charge in [-0.1, -0.05) is 83.1 Å². The molecule has 0 unspecified atom stereocenters. The van der Waals surface area contributed by atoms with Gasteiger partial charge in [0, 0.05) is 54.9 Å². The van der Waals surface area contributed by atoms with Gasteiger partial charge in [0.25, 0.3) is 0 Å². The first-order valence-corrected chi connectivity index (χ1v) is 16.2. The molecule has 4 heteroatoms. The average Bonchev–Trinajstić information content (AvgIpc) is 2.91. The third kappa shape index (κ3) is 4.80. The quantitative estimate of drug-likeness (QED) is 0.232. The molecule has 1 N–H and O–H groups in total. The third-order valence-electron chi connectivity index (χ3n) is 9.60. The van der Waals surface area contributed by atoms with Crippen molar-refractivity contribution in [3.05, 3.63) is 80.9 Å². The van der Waals surface area contributed by atoms with E-state index in [9.17, 15) is 19.8 Å². The van der Waals surface area contributed by atoms with Gasteiger partial charge in [0.1, 0.15) is 5.75 Å². The third-order valence-corrected chi connectivity index (χ3v) is 9.60. The number of aromatic hydroxyl groups is 1. The summed E-state index contributed by atoms with van der Waals surface area (Å²) in [6.07, 6.45) is 3.93. The molecule has 4 aromatic rings. The Balaban J connectivity index is 1.74. The first-order valence-electron chi connectivity index (χ1n) is 16.2. The van der Waals surface area contributed by atoms with Crippen LogP contribution in [0.5, 0.6) is 11.5 Å². The normalized spacial score (nSPS) is 15.5. The summed E-state index contributed by atoms with van der Waals surface area (Å²) in [6, 6.07) is 11.5. The van der Waals surface area contributed by atoms with Crippen LogP contribution in [0.1, 0.15) is 126 Å². The van der Waals surface area contributed by atoms with Crippen LogP contribution in [0.4, 0.5) is 0 Å². The molecule has 0 aromatic heterocycles. The molecule has 0 amide bonds. The second-order valence-electron chi connectivity index (χ2n) is 17.4. The summed E-state index contributed by atoms with van der Waals surface area (Å²) in [7, 11) is 0. The molecule has 46 heavy (non-hydrogen) atoms. The maximum atomic E-state index is 14.2. The van der Waals surface area contributed by atoms with E-state index >= 15 is 0 Å². The summed E-state index contributed by atoms with van der Waals surface area (Å²) >= 11 is 0. The van der Waals surface area contributed by atoms with Gasteiger partial charge in [0.15, 0.2) is 17.3 Å². The fourth-order valence-electron chi connectivity index (χ4n) is 7.05. The summed E-state index contributed by atoms with van der Waals surface area (Å²) in [5.74, 6) is -0.113. The number of carbonyl (C=O) groups is 2. The zero-order valence-corrected chi connectivity index (χ0v) is 29.3. The van der Waals surface area contributed by atoms with Crippen LogP contribution in [0.15, 0.2) is 47.5 Å². The minimum absolute atomic E-state index is 0.0762. The lowest BCUT2D eigenvalue weighted by Crippen LogP contribution is -2.22. The Hall–Kier alpha value is -4.18. The maximum Gasteiger partial charge on any atom is 0.190 e. The van der Waals surface area contributed by atoms with E-state index in [1.807, 2.05) is 111 Å². The molecule has 237 valence electrons. The van der Waals surface area contributed by atoms with Crippen LogP contribution >= 0.6 is 0 Å². The fraction of sp³-hybridized carbons (Fsp3) is 0.381. The number of Topliss-reactive ketones (excluding diaryl/α,β-unsaturated/α-hetero) is 2. The second-order valence-corrected chi connectivity index (χ2v) is 17.4. The lowest BCUT2D eigenvalue weighted by Gasteiger charge is -2.30. The Labute approximate surface area is 272 Å². The number of phenols is 1. The minimum Gasteiger partial charge on any atom is -0.507 e. The number of carbonyl (C=O) groups excluding carboxylic acids is 2. The zero-order valence-electron chi connectivity index (χ0n) is 29.3. The highest BCUT2D eigenvalue weighted by atomic mass is 16.3. The van der Waals surface area contributed by atoms with Gasteiger partial charge in [-0.25, -0.2) is 0 Å². The lowest BCUT2D eigenvalue weighted by molar-refractivity contribution is 0.100. The first-order chi connectivity index (χ1) is 21.0. The van der Waals surface area contributed by atoms with Crippen molar-refractivity contribution in [1.82, 2.24) is 0 Å². The number of rotatable bonds is 1. The van der Waals surface area contributed by atoms with Gasteiger partial charge in [0.2, 0.25) is 0 Å². The van der Waals surface area contributed by atoms with E-state index in [0.717, 1.165) is 22.1 Å². The fourth-order valence-corrected chi connectivity index (χ4v) is 7.05. The van der Waals surface area contributed by atoms with Gasteiger partial charge in [-0.15, -0.1) is 0 Å². The van der Waals surface area contributed by atoms with Crippen LogP contribution in [0.25, 0.3) is 44.8 Å². The summed E-state index contributed by atoms with van der Waals surface area (Å²) < 4.78 is 0. The van der Waals surface area contributed by atoms with Gasteiger partial charge >= 0.3 is 0 Å². The molecule has 0 spiro atoms. The van der Waals surface area contributed by atoms with Crippen molar-refractivity contribution >= 4 is 45.3 Å². The number of hydrogen-bond donors (Lipinski definition) is 1. The Morgan fingerprint density at radius 2 is 0.891 bits per heavy atom. The van der Waals surface area contributed by atoms with E-state index in [1.165, 1.54) is 0 Å². The highest BCUT2D eigenvalue weighted by molar-refractivity contribution is 6.26. The Kier molecular flexibility index (Phi) is 6.68. The number of allylic oxidation sites excluding steroid dienone is 2. The van der Waals surface area contributed by atoms with Crippen LogP contribution in [0, 0.1) is 10.8 Å². The van der Waals surface area contributed by atoms with Gasteiger partial charge in [0.05, 0.1) is 0 Å². The van der Waals surface area contributed by atoms with Crippen molar-refractivity contribution in [2.45, 2.75) is 93.9 Å². The van der Waals surface area contributed by atoms with E-state index in [4.69, 9.17) is 0 Å². The molecule has 0 fully saturated rings. The predicted molar refractivity (Wildman–Crippen MR) is 190 cm³/mol. The molecule has 4 aromatic carbocycles. The molecule has 0 heterocycles. The van der Waals surface area contributed by atoms with E-state index < -0.39 is 16.2 Å². The molecular formula is C42H45O4. The second kappa shape index (κ2) is 9.67. The van der Waals surface area contributed by atoms with Crippen LogP contribution in [0.3, 0.4) is 0 Å². The predicted octanol–water partition coefficient (Wildman–Crippen LogP) is 11.4. The Morgan fingerprint density at radius 1 is 0.500 bits per heavy atom. The highest BCUT2D eigenvalue weighted by Crippen LogP contribution is 2.49. The molecule has 2 aliphatic rings. The van der Waals surface area contributed by atoms with Crippen molar-refractivity contribution in [2.24, 2.45) is 10.8 Å². The SMILES string of the molecule is CC(C)(C)C1=Cc2cc(C(C)(C)C)c([O])c3cc(-c4cc5c6c(cc(C(C)(C)C)c(O)c6c4)C=C(C(C)(C)C)C5=O)cc(c23)C1=O. The molecule has 4 nitrogen and oxygen atoms in total. The van der Waals surface area contributed by atoms with Gasteiger partial charge in [-0.05, 0) is 92.5 Å². The molecule has 2 aliphatic carbocycles. The Morgan fingerprint density at radius 3 is 1.30 bits per heavy atom. The van der Waals surface area contributed by atoms with Crippen LogP contribution in [0.2, 0.25) is 0 Å². The average molecular weight is 614 g/mol. The topological polar surface area (TPSA) is 74.3 Å². The van der Waals surface area contributed by atoms with Crippen molar-refractivity contribution < 1.29 is 19.8 Å². The lowest BCUT2D eigenvalue weighted by atomic mass is 9.73. The van der Waals surface area contributed by atoms with Crippen LogP contribution in [-0.2, 0) is 15.9 Å². The molecule has 6 rings (SSSR count). The minimum atomic E-state index is -0.407. The van der Waals surface area contributed by atoms with Crippen molar-refractivity contribution in [3.8, 4) is 22.6 Å². The summed E-state index contributed by atoms with van der Waals surface area (Å²) in [5.41, 5.74) is 5.47. The van der Waals surface area contributed by atoms with E-state index in [2.05, 4.69) is 20.8 Å². The molecule has 0 atom stereocenters. The number of phenolic OH excluding ortho intramolecular Hbond substituents is 1. The number of ketones is 2. The Bertz CT molecular complexity index is 1950. The maximum absolute atomic E-state index is 14.2. The summed E-state index contributed by atoms with van der Waals surface area (Å²) in [6.45, 7) is 24.5. The first kappa shape index (κ1) is 31.8. The van der Waals surface area contributed by atoms with Gasteiger partial charge in [-0.2, -0.15) is 0 Å². The van der Waals surface area contributed by atoms with Gasteiger partial charge in [-0.3, -0.25) is 14.7 Å². The molecule has 1 radical (unpaired) electrons. The van der Waals surface area contributed by atoms with Crippen molar-refractivity contribution in [2.75, 3.05) is 0 Å². The smallest absolute Gasteiger partial charge is 0.190 e. The highest BCUT2D eigenvalue weighted by Gasteiger charge is 2.35.